The molecule has 1 unspecified atom stereocenters. The Morgan fingerprint density at radius 2 is 2.19 bits per heavy atom. The summed E-state index contributed by atoms with van der Waals surface area (Å²) in [6.07, 6.45) is 1.74. The summed E-state index contributed by atoms with van der Waals surface area (Å²) < 4.78 is 7.15. The van der Waals surface area contributed by atoms with Crippen LogP contribution in [0.3, 0.4) is 0 Å². The Labute approximate surface area is 124 Å². The van der Waals surface area contributed by atoms with Gasteiger partial charge in [-0.1, -0.05) is 0 Å². The van der Waals surface area contributed by atoms with Crippen molar-refractivity contribution in [2.24, 2.45) is 0 Å². The molecule has 2 rings (SSSR count). The van der Waals surface area contributed by atoms with Crippen LogP contribution in [-0.2, 0) is 9.53 Å². The molecule has 2 heterocycles. The Hall–Kier alpha value is -2.02. The lowest BCUT2D eigenvalue weighted by molar-refractivity contribution is -0.130. The number of ether oxygens (including phenoxy) is 1. The fourth-order valence-electron chi connectivity index (χ4n) is 2.48. The molecule has 7 heteroatoms. The topological polar surface area (TPSA) is 89.6 Å². The molecular formula is C14H22N4O3. The van der Waals surface area contributed by atoms with Crippen molar-refractivity contribution in [1.29, 1.82) is 0 Å². The van der Waals surface area contributed by atoms with Crippen molar-refractivity contribution in [3.63, 3.8) is 0 Å². The molecule has 1 aromatic rings. The van der Waals surface area contributed by atoms with Crippen molar-refractivity contribution in [2.45, 2.75) is 25.9 Å². The highest BCUT2D eigenvalue weighted by Crippen LogP contribution is 2.20. The zero-order valence-electron chi connectivity index (χ0n) is 12.6. The number of rotatable bonds is 3. The van der Waals surface area contributed by atoms with Crippen LogP contribution in [0.4, 0.5) is 5.69 Å². The first-order valence-corrected chi connectivity index (χ1v) is 7.03. The fourth-order valence-corrected chi connectivity index (χ4v) is 2.48. The maximum Gasteiger partial charge on any atom is 0.271 e. The normalized spacial score (nSPS) is 18.9. The second-order valence-corrected chi connectivity index (χ2v) is 5.36. The number of hydrogen-bond donors (Lipinski definition) is 2. The van der Waals surface area contributed by atoms with E-state index in [1.165, 1.54) is 0 Å². The molecule has 0 aliphatic carbocycles. The molecule has 3 N–H and O–H groups in total. The quantitative estimate of drug-likeness (QED) is 0.835. The molecule has 0 saturated carbocycles. The molecule has 0 radical (unpaired) electrons. The first-order valence-electron chi connectivity index (χ1n) is 7.03. The molecule has 2 amide bonds. The standard InChI is InChI=1S/C14H22N4O3/c1-9(2)18-7-10(15)6-11(18)14(20)17-4-5-21-8-12(17)13(19)16-3/h6-7,9,12H,4-5,8,15H2,1-3H3,(H,16,19). The monoisotopic (exact) mass is 294 g/mol. The van der Waals surface area contributed by atoms with Crippen LogP contribution in [0, 0.1) is 0 Å². The maximum atomic E-state index is 12.8. The second kappa shape index (κ2) is 6.17. The van der Waals surface area contributed by atoms with Crippen molar-refractivity contribution in [3.8, 4) is 0 Å². The van der Waals surface area contributed by atoms with E-state index in [0.717, 1.165) is 0 Å². The summed E-state index contributed by atoms with van der Waals surface area (Å²) in [4.78, 5) is 26.3. The first kappa shape index (κ1) is 15.4. The predicted octanol–water partition coefficient (Wildman–Crippen LogP) is 0.238. The highest BCUT2D eigenvalue weighted by Gasteiger charge is 2.34. The third-order valence-corrected chi connectivity index (χ3v) is 3.58. The van der Waals surface area contributed by atoms with Gasteiger partial charge in [0.2, 0.25) is 5.91 Å². The first-order chi connectivity index (χ1) is 9.95. The number of amides is 2. The van der Waals surface area contributed by atoms with Crippen LogP contribution in [0.25, 0.3) is 0 Å². The summed E-state index contributed by atoms with van der Waals surface area (Å²) in [5, 5.41) is 2.57. The average Bonchev–Trinajstić information content (AvgIpc) is 2.88. The molecule has 1 aliphatic heterocycles. The molecule has 1 atom stereocenters. The molecule has 1 saturated heterocycles. The van der Waals surface area contributed by atoms with E-state index in [4.69, 9.17) is 10.5 Å². The molecule has 0 bridgehead atoms. The Morgan fingerprint density at radius 1 is 1.48 bits per heavy atom. The summed E-state index contributed by atoms with van der Waals surface area (Å²) in [7, 11) is 1.55. The minimum Gasteiger partial charge on any atom is -0.397 e. The highest BCUT2D eigenvalue weighted by atomic mass is 16.5. The van der Waals surface area contributed by atoms with Crippen molar-refractivity contribution in [1.82, 2.24) is 14.8 Å². The van der Waals surface area contributed by atoms with Gasteiger partial charge in [0.05, 0.1) is 18.9 Å². The summed E-state index contributed by atoms with van der Waals surface area (Å²) in [6, 6.07) is 1.16. The number of nitrogen functional groups attached to an aromatic ring is 1. The largest absolute Gasteiger partial charge is 0.397 e. The third-order valence-electron chi connectivity index (χ3n) is 3.58. The third kappa shape index (κ3) is 3.02. The Balaban J connectivity index is 2.31. The molecule has 116 valence electrons. The van der Waals surface area contributed by atoms with E-state index in [1.54, 1.807) is 24.2 Å². The molecule has 0 spiro atoms. The zero-order valence-corrected chi connectivity index (χ0v) is 12.6. The van der Waals surface area contributed by atoms with E-state index in [2.05, 4.69) is 5.32 Å². The number of likely N-dealkylation sites (N-methyl/N-ethyl adjacent to an activating group) is 1. The predicted molar refractivity (Wildman–Crippen MR) is 78.9 cm³/mol. The van der Waals surface area contributed by atoms with Crippen LogP contribution in [0.15, 0.2) is 12.3 Å². The summed E-state index contributed by atoms with van der Waals surface area (Å²) in [6.45, 7) is 4.98. The van der Waals surface area contributed by atoms with Crippen molar-refractivity contribution in [3.05, 3.63) is 18.0 Å². The number of anilines is 1. The molecule has 1 aromatic heterocycles. The molecule has 1 fully saturated rings. The van der Waals surface area contributed by atoms with Crippen LogP contribution < -0.4 is 11.1 Å². The van der Waals surface area contributed by atoms with Gasteiger partial charge in [0, 0.05) is 25.8 Å². The lowest BCUT2D eigenvalue weighted by Gasteiger charge is -2.34. The lowest BCUT2D eigenvalue weighted by atomic mass is 10.2. The number of hydrogen-bond acceptors (Lipinski definition) is 4. The summed E-state index contributed by atoms with van der Waals surface area (Å²) in [5.41, 5.74) is 6.85. The van der Waals surface area contributed by atoms with Crippen molar-refractivity contribution < 1.29 is 14.3 Å². The van der Waals surface area contributed by atoms with Crippen LogP contribution in [-0.4, -0.2) is 54.1 Å². The van der Waals surface area contributed by atoms with Gasteiger partial charge < -0.3 is 25.3 Å². The van der Waals surface area contributed by atoms with E-state index in [9.17, 15) is 9.59 Å². The van der Waals surface area contributed by atoms with Gasteiger partial charge in [-0.25, -0.2) is 0 Å². The minimum atomic E-state index is -0.604. The van der Waals surface area contributed by atoms with Gasteiger partial charge in [0.1, 0.15) is 11.7 Å². The number of carbonyl (C=O) groups excluding carboxylic acids is 2. The lowest BCUT2D eigenvalue weighted by Crippen LogP contribution is -2.55. The number of nitrogens with one attached hydrogen (secondary N) is 1. The molecular weight excluding hydrogens is 272 g/mol. The number of nitrogens with zero attached hydrogens (tertiary/aromatic N) is 2. The minimum absolute atomic E-state index is 0.112. The maximum absolute atomic E-state index is 12.8. The second-order valence-electron chi connectivity index (χ2n) is 5.36. The molecule has 7 nitrogen and oxygen atoms in total. The van der Waals surface area contributed by atoms with Crippen LogP contribution in [0.5, 0.6) is 0 Å². The number of nitrogens with two attached hydrogens (primary N) is 1. The molecule has 21 heavy (non-hydrogen) atoms. The van der Waals surface area contributed by atoms with Gasteiger partial charge in [-0.15, -0.1) is 0 Å². The van der Waals surface area contributed by atoms with E-state index in [0.29, 0.717) is 24.5 Å². The SMILES string of the molecule is CNC(=O)C1COCCN1C(=O)c1cc(N)cn1C(C)C. The van der Waals surface area contributed by atoms with Gasteiger partial charge in [-0.2, -0.15) is 0 Å². The smallest absolute Gasteiger partial charge is 0.271 e. The summed E-state index contributed by atoms with van der Waals surface area (Å²) >= 11 is 0. The number of aromatic nitrogens is 1. The van der Waals surface area contributed by atoms with Gasteiger partial charge in [-0.3, -0.25) is 9.59 Å². The number of carbonyl (C=O) groups is 2. The molecule has 0 aromatic carbocycles. The van der Waals surface area contributed by atoms with Crippen molar-refractivity contribution in [2.75, 3.05) is 32.5 Å². The van der Waals surface area contributed by atoms with E-state index in [1.807, 2.05) is 18.4 Å². The fraction of sp³-hybridized carbons (Fsp3) is 0.571. The Morgan fingerprint density at radius 3 is 2.81 bits per heavy atom. The average molecular weight is 294 g/mol. The van der Waals surface area contributed by atoms with Crippen LogP contribution in [0.1, 0.15) is 30.4 Å². The van der Waals surface area contributed by atoms with E-state index in [-0.39, 0.29) is 24.5 Å². The van der Waals surface area contributed by atoms with Crippen LogP contribution >= 0.6 is 0 Å². The van der Waals surface area contributed by atoms with Gasteiger partial charge in [0.15, 0.2) is 0 Å². The molecule has 1 aliphatic rings. The van der Waals surface area contributed by atoms with Gasteiger partial charge in [0.25, 0.3) is 5.91 Å². The van der Waals surface area contributed by atoms with E-state index < -0.39 is 6.04 Å². The van der Waals surface area contributed by atoms with Gasteiger partial charge in [-0.05, 0) is 19.9 Å². The highest BCUT2D eigenvalue weighted by molar-refractivity contribution is 5.97. The van der Waals surface area contributed by atoms with Crippen LogP contribution in [0.2, 0.25) is 0 Å². The van der Waals surface area contributed by atoms with Crippen molar-refractivity contribution >= 4 is 17.5 Å². The van der Waals surface area contributed by atoms with E-state index >= 15 is 0 Å². The zero-order chi connectivity index (χ0) is 15.6. The van der Waals surface area contributed by atoms with Gasteiger partial charge >= 0.3 is 0 Å². The Kier molecular flexibility index (Phi) is 4.52. The number of morpholine rings is 1. The Bertz CT molecular complexity index is 538. The summed E-state index contributed by atoms with van der Waals surface area (Å²) in [5.74, 6) is -0.420.